The Hall–Kier alpha value is -4.01. The smallest absolute Gasteiger partial charge is 0.283 e. The number of benzene rings is 2. The van der Waals surface area contributed by atoms with E-state index in [0.717, 1.165) is 0 Å². The Morgan fingerprint density at radius 3 is 2.70 bits per heavy atom. The van der Waals surface area contributed by atoms with Crippen molar-refractivity contribution in [2.45, 2.75) is 0 Å². The molecular weight excluding hydrogens is 396 g/mol. The minimum Gasteiger partial charge on any atom is -0.490 e. The van der Waals surface area contributed by atoms with Gasteiger partial charge in [0.2, 0.25) is 5.89 Å². The number of hydrogen-bond donors (Lipinski definition) is 1. The summed E-state index contributed by atoms with van der Waals surface area (Å²) in [5.74, 6) is -0.367. The van der Waals surface area contributed by atoms with Gasteiger partial charge >= 0.3 is 0 Å². The van der Waals surface area contributed by atoms with Gasteiger partial charge in [0, 0.05) is 5.56 Å². The highest BCUT2D eigenvalue weighted by molar-refractivity contribution is 6.06. The molecule has 2 heterocycles. The molecule has 9 heteroatoms. The normalized spacial score (nSPS) is 10.7. The van der Waals surface area contributed by atoms with E-state index in [9.17, 15) is 13.6 Å². The van der Waals surface area contributed by atoms with Crippen molar-refractivity contribution < 1.29 is 27.1 Å². The van der Waals surface area contributed by atoms with Gasteiger partial charge in [-0.3, -0.25) is 4.79 Å². The first-order valence-electron chi connectivity index (χ1n) is 8.92. The van der Waals surface area contributed by atoms with E-state index < -0.39 is 18.4 Å². The summed E-state index contributed by atoms with van der Waals surface area (Å²) in [6.07, 6.45) is 1.47. The zero-order valence-corrected chi connectivity index (χ0v) is 15.5. The highest BCUT2D eigenvalue weighted by Crippen LogP contribution is 2.28. The number of para-hydroxylation sites is 1. The van der Waals surface area contributed by atoms with Crippen molar-refractivity contribution in [1.82, 2.24) is 10.2 Å². The number of anilines is 1. The van der Waals surface area contributed by atoms with Crippen LogP contribution < -0.4 is 10.1 Å². The predicted octanol–water partition coefficient (Wildman–Crippen LogP) is 4.74. The van der Waals surface area contributed by atoms with Crippen molar-refractivity contribution in [2.24, 2.45) is 0 Å². The molecule has 2 aromatic heterocycles. The lowest BCUT2D eigenvalue weighted by Crippen LogP contribution is -2.15. The van der Waals surface area contributed by atoms with E-state index in [2.05, 4.69) is 15.5 Å². The Balaban J connectivity index is 1.58. The Kier molecular flexibility index (Phi) is 5.51. The molecule has 0 bridgehead atoms. The SMILES string of the molecule is O=C(Nc1cc(-c2nnc(-c3ccco3)o2)ccc1F)c1ccccc1OCCF. The van der Waals surface area contributed by atoms with Crippen molar-refractivity contribution in [3.05, 3.63) is 72.2 Å². The second kappa shape index (κ2) is 8.56. The van der Waals surface area contributed by atoms with Gasteiger partial charge in [-0.25, -0.2) is 8.78 Å². The number of aromatic nitrogens is 2. The van der Waals surface area contributed by atoms with Crippen LogP contribution in [0.4, 0.5) is 14.5 Å². The molecule has 0 aliphatic heterocycles. The van der Waals surface area contributed by atoms with E-state index in [0.29, 0.717) is 11.3 Å². The standard InChI is InChI=1S/C21H15F2N3O4/c22-9-11-29-17-5-2-1-4-14(17)19(27)24-16-12-13(7-8-15(16)23)20-25-26-21(30-20)18-6-3-10-28-18/h1-8,10,12H,9,11H2,(H,24,27). The van der Waals surface area contributed by atoms with Gasteiger partial charge in [-0.15, -0.1) is 10.2 Å². The third kappa shape index (κ3) is 4.04. The van der Waals surface area contributed by atoms with Crippen LogP contribution in [0.5, 0.6) is 5.75 Å². The van der Waals surface area contributed by atoms with Crippen LogP contribution in [0.15, 0.2) is 69.7 Å². The largest absolute Gasteiger partial charge is 0.490 e. The van der Waals surface area contributed by atoms with Gasteiger partial charge in [0.1, 0.15) is 24.8 Å². The van der Waals surface area contributed by atoms with Crippen LogP contribution in [0.3, 0.4) is 0 Å². The molecule has 0 unspecified atom stereocenters. The number of carbonyl (C=O) groups is 1. The molecule has 4 rings (SSSR count). The van der Waals surface area contributed by atoms with Crippen LogP contribution in [-0.4, -0.2) is 29.4 Å². The number of furan rings is 1. The molecule has 4 aromatic rings. The zero-order chi connectivity index (χ0) is 20.9. The topological polar surface area (TPSA) is 90.4 Å². The molecule has 0 saturated carbocycles. The third-order valence-electron chi connectivity index (χ3n) is 4.08. The maximum absolute atomic E-state index is 14.3. The molecule has 0 atom stereocenters. The first-order chi connectivity index (χ1) is 14.7. The fraction of sp³-hybridized carbons (Fsp3) is 0.0952. The number of alkyl halides is 1. The van der Waals surface area contributed by atoms with E-state index in [1.807, 2.05) is 0 Å². The summed E-state index contributed by atoms with van der Waals surface area (Å²) in [5, 5.41) is 10.3. The molecule has 0 radical (unpaired) electrons. The average Bonchev–Trinajstić information content (AvgIpc) is 3.46. The van der Waals surface area contributed by atoms with Crippen LogP contribution in [0.1, 0.15) is 10.4 Å². The Morgan fingerprint density at radius 1 is 1.07 bits per heavy atom. The van der Waals surface area contributed by atoms with E-state index in [1.54, 1.807) is 24.3 Å². The van der Waals surface area contributed by atoms with Crippen LogP contribution >= 0.6 is 0 Å². The lowest BCUT2D eigenvalue weighted by Gasteiger charge is -2.11. The quantitative estimate of drug-likeness (QED) is 0.473. The van der Waals surface area contributed by atoms with Crippen molar-refractivity contribution in [2.75, 3.05) is 18.6 Å². The lowest BCUT2D eigenvalue weighted by molar-refractivity contribution is 0.102. The second-order valence-electron chi connectivity index (χ2n) is 6.07. The number of nitrogens with zero attached hydrogens (tertiary/aromatic N) is 2. The summed E-state index contributed by atoms with van der Waals surface area (Å²) in [6, 6.07) is 13.6. The minimum atomic E-state index is -0.698. The summed E-state index contributed by atoms with van der Waals surface area (Å²) in [7, 11) is 0. The van der Waals surface area contributed by atoms with Crippen molar-refractivity contribution >= 4 is 11.6 Å². The third-order valence-corrected chi connectivity index (χ3v) is 4.08. The molecular formula is C21H15F2N3O4. The zero-order valence-electron chi connectivity index (χ0n) is 15.5. The van der Waals surface area contributed by atoms with Crippen LogP contribution in [0.25, 0.3) is 23.1 Å². The summed E-state index contributed by atoms with van der Waals surface area (Å²) in [5.41, 5.74) is 0.461. The summed E-state index contributed by atoms with van der Waals surface area (Å²) >= 11 is 0. The summed E-state index contributed by atoms with van der Waals surface area (Å²) < 4.78 is 42.7. The van der Waals surface area contributed by atoms with Gasteiger partial charge < -0.3 is 18.9 Å². The Bertz CT molecular complexity index is 1160. The fourth-order valence-corrected chi connectivity index (χ4v) is 2.71. The number of hydrogen-bond acceptors (Lipinski definition) is 6. The molecule has 0 saturated heterocycles. The molecule has 0 aliphatic rings. The maximum Gasteiger partial charge on any atom is 0.283 e. The van der Waals surface area contributed by atoms with Crippen molar-refractivity contribution in [1.29, 1.82) is 0 Å². The number of ether oxygens (including phenoxy) is 1. The number of nitrogens with one attached hydrogen (secondary N) is 1. The van der Waals surface area contributed by atoms with E-state index in [-0.39, 0.29) is 35.4 Å². The maximum atomic E-state index is 14.3. The monoisotopic (exact) mass is 411 g/mol. The molecule has 1 N–H and O–H groups in total. The van der Waals surface area contributed by atoms with E-state index in [1.165, 1.54) is 36.6 Å². The minimum absolute atomic E-state index is 0.0875. The molecule has 7 nitrogen and oxygen atoms in total. The first-order valence-corrected chi connectivity index (χ1v) is 8.92. The second-order valence-corrected chi connectivity index (χ2v) is 6.07. The molecule has 0 spiro atoms. The van der Waals surface area contributed by atoms with Gasteiger partial charge in [-0.2, -0.15) is 0 Å². The predicted molar refractivity (Wildman–Crippen MR) is 103 cm³/mol. The number of amides is 1. The van der Waals surface area contributed by atoms with Gasteiger partial charge in [0.05, 0.1) is 17.5 Å². The van der Waals surface area contributed by atoms with Gasteiger partial charge in [0.15, 0.2) is 5.76 Å². The number of carbonyl (C=O) groups excluding carboxylic acids is 1. The van der Waals surface area contributed by atoms with Crippen molar-refractivity contribution in [3.63, 3.8) is 0 Å². The van der Waals surface area contributed by atoms with Crippen LogP contribution in [0.2, 0.25) is 0 Å². The van der Waals surface area contributed by atoms with Gasteiger partial charge in [0.25, 0.3) is 11.8 Å². The van der Waals surface area contributed by atoms with Crippen molar-refractivity contribution in [3.8, 4) is 28.9 Å². The number of halogens is 2. The Labute approximate surface area is 169 Å². The molecule has 152 valence electrons. The summed E-state index contributed by atoms with van der Waals surface area (Å²) in [4.78, 5) is 12.6. The van der Waals surface area contributed by atoms with Crippen LogP contribution in [-0.2, 0) is 0 Å². The molecule has 30 heavy (non-hydrogen) atoms. The molecule has 0 aliphatic carbocycles. The van der Waals surface area contributed by atoms with Gasteiger partial charge in [-0.1, -0.05) is 12.1 Å². The van der Waals surface area contributed by atoms with Crippen LogP contribution in [0, 0.1) is 5.82 Å². The van der Waals surface area contributed by atoms with Gasteiger partial charge in [-0.05, 0) is 42.5 Å². The molecule has 1 amide bonds. The van der Waals surface area contributed by atoms with E-state index >= 15 is 0 Å². The van der Waals surface area contributed by atoms with E-state index in [4.69, 9.17) is 13.6 Å². The Morgan fingerprint density at radius 2 is 1.90 bits per heavy atom. The fourth-order valence-electron chi connectivity index (χ4n) is 2.71. The highest BCUT2D eigenvalue weighted by Gasteiger charge is 2.17. The summed E-state index contributed by atoms with van der Waals surface area (Å²) in [6.45, 7) is -0.889. The number of rotatable bonds is 7. The molecule has 0 fully saturated rings. The highest BCUT2D eigenvalue weighted by atomic mass is 19.1. The lowest BCUT2D eigenvalue weighted by atomic mass is 10.1. The molecule has 2 aromatic carbocycles. The first kappa shape index (κ1) is 19.3. The average molecular weight is 411 g/mol.